The van der Waals surface area contributed by atoms with Crippen LogP contribution in [0.1, 0.15) is 0 Å². The van der Waals surface area contributed by atoms with E-state index in [9.17, 15) is 0 Å². The van der Waals surface area contributed by atoms with Gasteiger partial charge in [0.1, 0.15) is 5.52 Å². The fourth-order valence-corrected chi connectivity index (χ4v) is 9.55. The van der Waals surface area contributed by atoms with E-state index in [0.717, 1.165) is 88.1 Å². The summed E-state index contributed by atoms with van der Waals surface area (Å²) >= 11 is 0. The van der Waals surface area contributed by atoms with Crippen molar-refractivity contribution in [2.24, 2.45) is 0 Å². The Bertz CT molecular complexity index is 3890. The summed E-state index contributed by atoms with van der Waals surface area (Å²) in [6.45, 7) is 0. The molecule has 4 heterocycles. The zero-order valence-electron chi connectivity index (χ0n) is 33.9. The number of furan rings is 1. The molecule has 0 fully saturated rings. The Balaban J connectivity index is 1.10. The van der Waals surface area contributed by atoms with Gasteiger partial charge in [-0.1, -0.05) is 176 Å². The smallest absolute Gasteiger partial charge is 0.238 e. The molecular formula is C57H35N5O. The van der Waals surface area contributed by atoms with Crippen LogP contribution in [0.25, 0.3) is 122 Å². The van der Waals surface area contributed by atoms with Crippen molar-refractivity contribution in [2.45, 2.75) is 0 Å². The van der Waals surface area contributed by atoms with Crippen molar-refractivity contribution in [2.75, 3.05) is 0 Å². The first-order valence-corrected chi connectivity index (χ1v) is 21.2. The molecule has 13 aromatic rings. The molecule has 4 aromatic heterocycles. The van der Waals surface area contributed by atoms with E-state index < -0.39 is 0 Å². The lowest BCUT2D eigenvalue weighted by atomic mass is 9.99. The standard InChI is InChI=1S/C57H35N5O/c1-4-16-36(17-5-1)37-28-30-40(31-29-37)61-49-26-14-12-23-42(49)44-32-34-46-47-35-33-45-43-24-13-15-27-50(43)62(52(45)54(47)63-53(46)51(44)61)57-59-55(39-20-8-3-9-21-39)58-56(60-57)48-25-11-10-22-41(48)38-18-6-2-7-19-38/h1-35H. The highest BCUT2D eigenvalue weighted by molar-refractivity contribution is 6.26. The van der Waals surface area contributed by atoms with E-state index in [4.69, 9.17) is 19.4 Å². The predicted octanol–water partition coefficient (Wildman–Crippen LogP) is 14.6. The van der Waals surface area contributed by atoms with Crippen molar-refractivity contribution in [3.05, 3.63) is 212 Å². The second kappa shape index (κ2) is 14.0. The molecular weight excluding hydrogens is 771 g/mol. The minimum Gasteiger partial charge on any atom is -0.452 e. The van der Waals surface area contributed by atoms with Crippen LogP contribution in [0.5, 0.6) is 0 Å². The Morgan fingerprint density at radius 1 is 0.302 bits per heavy atom. The summed E-state index contributed by atoms with van der Waals surface area (Å²) in [4.78, 5) is 15.8. The molecule has 13 rings (SSSR count). The van der Waals surface area contributed by atoms with E-state index in [1.807, 2.05) is 30.3 Å². The number of hydrogen-bond acceptors (Lipinski definition) is 4. The maximum atomic E-state index is 7.35. The topological polar surface area (TPSA) is 61.7 Å². The second-order valence-corrected chi connectivity index (χ2v) is 16.0. The molecule has 0 aliphatic carbocycles. The molecule has 294 valence electrons. The van der Waals surface area contributed by atoms with Gasteiger partial charge in [0.05, 0.1) is 16.6 Å². The van der Waals surface area contributed by atoms with Crippen LogP contribution in [0, 0.1) is 0 Å². The lowest BCUT2D eigenvalue weighted by Gasteiger charge is -2.13. The van der Waals surface area contributed by atoms with Crippen molar-refractivity contribution in [1.82, 2.24) is 24.1 Å². The van der Waals surface area contributed by atoms with Crippen LogP contribution in [0.4, 0.5) is 0 Å². The zero-order chi connectivity index (χ0) is 41.4. The summed E-state index contributed by atoms with van der Waals surface area (Å²) in [5.41, 5.74) is 13.0. The Hall–Kier alpha value is -8.61. The molecule has 0 atom stereocenters. The number of rotatable bonds is 6. The van der Waals surface area contributed by atoms with Crippen LogP contribution in [0.3, 0.4) is 0 Å². The van der Waals surface area contributed by atoms with Gasteiger partial charge < -0.3 is 8.98 Å². The van der Waals surface area contributed by atoms with Gasteiger partial charge in [-0.05, 0) is 58.7 Å². The summed E-state index contributed by atoms with van der Waals surface area (Å²) in [5.74, 6) is 1.69. The molecule has 0 aliphatic heterocycles. The maximum absolute atomic E-state index is 7.35. The average molecular weight is 806 g/mol. The molecule has 0 amide bonds. The van der Waals surface area contributed by atoms with Crippen molar-refractivity contribution < 1.29 is 4.42 Å². The first-order valence-electron chi connectivity index (χ1n) is 21.2. The first kappa shape index (κ1) is 35.2. The molecule has 63 heavy (non-hydrogen) atoms. The van der Waals surface area contributed by atoms with E-state index in [1.54, 1.807) is 0 Å². The van der Waals surface area contributed by atoms with Gasteiger partial charge in [-0.25, -0.2) is 4.98 Å². The molecule has 6 nitrogen and oxygen atoms in total. The minimum atomic E-state index is 0.513. The van der Waals surface area contributed by atoms with Gasteiger partial charge in [0.25, 0.3) is 0 Å². The molecule has 0 N–H and O–H groups in total. The molecule has 9 aromatic carbocycles. The van der Waals surface area contributed by atoms with Crippen molar-refractivity contribution in [1.29, 1.82) is 0 Å². The summed E-state index contributed by atoms with van der Waals surface area (Å²) < 4.78 is 11.9. The van der Waals surface area contributed by atoms with E-state index in [2.05, 4.69) is 191 Å². The maximum Gasteiger partial charge on any atom is 0.238 e. The van der Waals surface area contributed by atoms with Crippen LogP contribution < -0.4 is 0 Å². The molecule has 0 aliphatic rings. The van der Waals surface area contributed by atoms with Crippen molar-refractivity contribution in [3.63, 3.8) is 0 Å². The van der Waals surface area contributed by atoms with Crippen LogP contribution in [-0.2, 0) is 0 Å². The monoisotopic (exact) mass is 805 g/mol. The number of nitrogens with zero attached hydrogens (tertiary/aromatic N) is 5. The van der Waals surface area contributed by atoms with Crippen LogP contribution in [0.2, 0.25) is 0 Å². The summed E-state index contributed by atoms with van der Waals surface area (Å²) in [7, 11) is 0. The van der Waals surface area contributed by atoms with Crippen molar-refractivity contribution >= 4 is 65.6 Å². The number of hydrogen-bond donors (Lipinski definition) is 0. The van der Waals surface area contributed by atoms with E-state index in [1.165, 1.54) is 16.5 Å². The summed E-state index contributed by atoms with van der Waals surface area (Å²) in [6, 6.07) is 74.2. The molecule has 0 saturated heterocycles. The highest BCUT2D eigenvalue weighted by atomic mass is 16.3. The van der Waals surface area contributed by atoms with Gasteiger partial charge >= 0.3 is 0 Å². The van der Waals surface area contributed by atoms with Crippen molar-refractivity contribution in [3.8, 4) is 56.7 Å². The predicted molar refractivity (Wildman–Crippen MR) is 258 cm³/mol. The fourth-order valence-electron chi connectivity index (χ4n) is 9.55. The number of benzene rings is 9. The average Bonchev–Trinajstić information content (AvgIpc) is 4.03. The number of aromatic nitrogens is 5. The number of fused-ring (bicyclic) bond motifs is 11. The fraction of sp³-hybridized carbons (Fsp3) is 0. The first-order chi connectivity index (χ1) is 31.3. The molecule has 6 heteroatoms. The largest absolute Gasteiger partial charge is 0.452 e. The summed E-state index contributed by atoms with van der Waals surface area (Å²) in [6.07, 6.45) is 0. The molecule has 0 radical (unpaired) electrons. The lowest BCUT2D eigenvalue weighted by molar-refractivity contribution is 0.673. The Morgan fingerprint density at radius 3 is 1.40 bits per heavy atom. The summed E-state index contributed by atoms with van der Waals surface area (Å²) in [5, 5.41) is 6.50. The van der Waals surface area contributed by atoms with E-state index >= 15 is 0 Å². The lowest BCUT2D eigenvalue weighted by Crippen LogP contribution is -2.07. The van der Waals surface area contributed by atoms with E-state index in [-0.39, 0.29) is 0 Å². The van der Waals surface area contributed by atoms with Crippen LogP contribution >= 0.6 is 0 Å². The SMILES string of the molecule is c1ccc(-c2ccc(-n3c4ccccc4c4ccc5c6ccc7c8ccccc8n(-c8nc(-c9ccccc9)nc(-c9ccccc9-c9ccccc9)n8)c7c6oc5c43)cc2)cc1. The van der Waals surface area contributed by atoms with Gasteiger partial charge in [-0.2, -0.15) is 9.97 Å². The molecule has 0 unspecified atom stereocenters. The quantitative estimate of drug-likeness (QED) is 0.168. The minimum absolute atomic E-state index is 0.513. The Morgan fingerprint density at radius 2 is 0.762 bits per heavy atom. The normalized spacial score (nSPS) is 11.8. The van der Waals surface area contributed by atoms with Gasteiger partial charge in [0.15, 0.2) is 22.8 Å². The molecule has 0 saturated carbocycles. The van der Waals surface area contributed by atoms with Gasteiger partial charge in [-0.3, -0.25) is 4.57 Å². The van der Waals surface area contributed by atoms with Crippen LogP contribution in [0.15, 0.2) is 217 Å². The van der Waals surface area contributed by atoms with Gasteiger partial charge in [0.2, 0.25) is 5.95 Å². The molecule has 0 spiro atoms. The second-order valence-electron chi connectivity index (χ2n) is 16.0. The van der Waals surface area contributed by atoms with Gasteiger partial charge in [0, 0.05) is 49.1 Å². The molecule has 0 bridgehead atoms. The highest BCUT2D eigenvalue weighted by Crippen LogP contribution is 2.44. The third-order valence-corrected chi connectivity index (χ3v) is 12.4. The Kier molecular flexibility index (Phi) is 7.80. The Labute approximate surface area is 361 Å². The highest BCUT2D eigenvalue weighted by Gasteiger charge is 2.25. The third kappa shape index (κ3) is 5.48. The third-order valence-electron chi connectivity index (χ3n) is 12.4. The zero-order valence-corrected chi connectivity index (χ0v) is 33.9. The van der Waals surface area contributed by atoms with Crippen LogP contribution in [-0.4, -0.2) is 24.1 Å². The number of para-hydroxylation sites is 2. The van der Waals surface area contributed by atoms with E-state index in [0.29, 0.717) is 17.6 Å². The van der Waals surface area contributed by atoms with Gasteiger partial charge in [-0.15, -0.1) is 0 Å².